The molecular formula is C14H20N2. The van der Waals surface area contributed by atoms with Crippen molar-refractivity contribution in [3.05, 3.63) is 30.3 Å². The lowest BCUT2D eigenvalue weighted by Gasteiger charge is -2.21. The van der Waals surface area contributed by atoms with E-state index >= 15 is 0 Å². The summed E-state index contributed by atoms with van der Waals surface area (Å²) in [6.45, 7) is 2.14. The summed E-state index contributed by atoms with van der Waals surface area (Å²) in [5, 5.41) is 4.48. The molecule has 0 aromatic heterocycles. The highest BCUT2D eigenvalue weighted by Crippen LogP contribution is 2.24. The second-order valence-electron chi connectivity index (χ2n) is 4.57. The van der Waals surface area contributed by atoms with Crippen molar-refractivity contribution in [2.75, 3.05) is 5.43 Å². The average Bonchev–Trinajstić information content (AvgIpc) is 2.38. The maximum atomic E-state index is 4.48. The molecular weight excluding hydrogens is 196 g/mol. The van der Waals surface area contributed by atoms with Crippen LogP contribution in [0.3, 0.4) is 0 Å². The van der Waals surface area contributed by atoms with Crippen molar-refractivity contribution in [3.8, 4) is 0 Å². The predicted octanol–water partition coefficient (Wildman–Crippen LogP) is 4.05. The molecule has 1 aliphatic carbocycles. The van der Waals surface area contributed by atoms with Crippen LogP contribution < -0.4 is 5.43 Å². The SMILES string of the molecule is C/C(=N\Nc1ccccc1)C1CCCCC1. The number of anilines is 1. The van der Waals surface area contributed by atoms with Crippen LogP contribution in [0.5, 0.6) is 0 Å². The van der Waals surface area contributed by atoms with E-state index in [2.05, 4.69) is 17.5 Å². The standard InChI is InChI=1S/C14H20N2/c1-12(13-8-4-2-5-9-13)15-16-14-10-6-3-7-11-14/h3,6-7,10-11,13,16H,2,4-5,8-9H2,1H3/b15-12+. The van der Waals surface area contributed by atoms with E-state index in [1.54, 1.807) is 0 Å². The largest absolute Gasteiger partial charge is 0.279 e. The van der Waals surface area contributed by atoms with E-state index < -0.39 is 0 Å². The third-order valence-corrected chi connectivity index (χ3v) is 3.33. The minimum absolute atomic E-state index is 0.699. The molecule has 0 bridgehead atoms. The maximum Gasteiger partial charge on any atom is 0.0561 e. The minimum Gasteiger partial charge on any atom is -0.279 e. The second kappa shape index (κ2) is 5.69. The predicted molar refractivity (Wildman–Crippen MR) is 69.7 cm³/mol. The van der Waals surface area contributed by atoms with E-state index in [0.29, 0.717) is 5.92 Å². The van der Waals surface area contributed by atoms with Gasteiger partial charge in [0.2, 0.25) is 0 Å². The molecule has 1 aromatic carbocycles. The Morgan fingerprint density at radius 2 is 1.81 bits per heavy atom. The van der Waals surface area contributed by atoms with E-state index in [9.17, 15) is 0 Å². The van der Waals surface area contributed by atoms with Crippen LogP contribution in [0.4, 0.5) is 5.69 Å². The van der Waals surface area contributed by atoms with Gasteiger partial charge in [0.25, 0.3) is 0 Å². The maximum absolute atomic E-state index is 4.48. The van der Waals surface area contributed by atoms with Crippen molar-refractivity contribution in [1.82, 2.24) is 0 Å². The first-order valence-electron chi connectivity index (χ1n) is 6.21. The summed E-state index contributed by atoms with van der Waals surface area (Å²) in [5.74, 6) is 0.699. The van der Waals surface area contributed by atoms with Crippen LogP contribution in [0.15, 0.2) is 35.4 Å². The van der Waals surface area contributed by atoms with Crippen LogP contribution in [0.1, 0.15) is 39.0 Å². The van der Waals surface area contributed by atoms with Gasteiger partial charge < -0.3 is 0 Å². The van der Waals surface area contributed by atoms with Crippen molar-refractivity contribution in [2.24, 2.45) is 11.0 Å². The van der Waals surface area contributed by atoms with Gasteiger partial charge in [0.05, 0.1) is 5.69 Å². The molecule has 0 atom stereocenters. The Hall–Kier alpha value is -1.31. The van der Waals surface area contributed by atoms with Gasteiger partial charge in [-0.25, -0.2) is 0 Å². The molecule has 86 valence electrons. The lowest BCUT2D eigenvalue weighted by Crippen LogP contribution is -2.16. The number of nitrogens with one attached hydrogen (secondary N) is 1. The Balaban J connectivity index is 1.91. The summed E-state index contributed by atoms with van der Waals surface area (Å²) in [5.41, 5.74) is 5.45. The zero-order chi connectivity index (χ0) is 11.2. The van der Waals surface area contributed by atoms with Crippen LogP contribution in [0.2, 0.25) is 0 Å². The smallest absolute Gasteiger partial charge is 0.0561 e. The first kappa shape index (κ1) is 11.2. The van der Waals surface area contributed by atoms with Crippen molar-refractivity contribution < 1.29 is 0 Å². The Morgan fingerprint density at radius 1 is 1.12 bits per heavy atom. The molecule has 1 aromatic rings. The fourth-order valence-electron chi connectivity index (χ4n) is 2.28. The molecule has 0 amide bonds. The van der Waals surface area contributed by atoms with Gasteiger partial charge in [0.15, 0.2) is 0 Å². The van der Waals surface area contributed by atoms with E-state index in [1.165, 1.54) is 37.8 Å². The summed E-state index contributed by atoms with van der Waals surface area (Å²) in [7, 11) is 0. The zero-order valence-electron chi connectivity index (χ0n) is 9.95. The van der Waals surface area contributed by atoms with Gasteiger partial charge >= 0.3 is 0 Å². The molecule has 0 aliphatic heterocycles. The van der Waals surface area contributed by atoms with Gasteiger partial charge in [0, 0.05) is 5.71 Å². The van der Waals surface area contributed by atoms with E-state index in [0.717, 1.165) is 5.69 Å². The number of hydrogen-bond acceptors (Lipinski definition) is 2. The van der Waals surface area contributed by atoms with Crippen molar-refractivity contribution in [1.29, 1.82) is 0 Å². The van der Waals surface area contributed by atoms with Gasteiger partial charge in [-0.05, 0) is 37.8 Å². The number of nitrogens with zero attached hydrogens (tertiary/aromatic N) is 1. The molecule has 1 N–H and O–H groups in total. The van der Waals surface area contributed by atoms with Crippen LogP contribution in [0, 0.1) is 5.92 Å². The third-order valence-electron chi connectivity index (χ3n) is 3.33. The van der Waals surface area contributed by atoms with Crippen LogP contribution in [-0.4, -0.2) is 5.71 Å². The fourth-order valence-corrected chi connectivity index (χ4v) is 2.28. The Morgan fingerprint density at radius 3 is 2.50 bits per heavy atom. The van der Waals surface area contributed by atoms with Gasteiger partial charge in [0.1, 0.15) is 0 Å². The summed E-state index contributed by atoms with van der Waals surface area (Å²) in [4.78, 5) is 0. The number of rotatable bonds is 3. The summed E-state index contributed by atoms with van der Waals surface area (Å²) in [6, 6.07) is 10.1. The summed E-state index contributed by atoms with van der Waals surface area (Å²) >= 11 is 0. The molecule has 0 radical (unpaired) electrons. The fraction of sp³-hybridized carbons (Fsp3) is 0.500. The van der Waals surface area contributed by atoms with Gasteiger partial charge in [-0.2, -0.15) is 5.10 Å². The third kappa shape index (κ3) is 3.09. The lowest BCUT2D eigenvalue weighted by molar-refractivity contribution is 0.438. The summed E-state index contributed by atoms with van der Waals surface area (Å²) < 4.78 is 0. The number of hydrazone groups is 1. The molecule has 2 heteroatoms. The van der Waals surface area contributed by atoms with Crippen LogP contribution >= 0.6 is 0 Å². The quantitative estimate of drug-likeness (QED) is 0.598. The second-order valence-corrected chi connectivity index (χ2v) is 4.57. The van der Waals surface area contributed by atoms with Crippen molar-refractivity contribution >= 4 is 11.4 Å². The average molecular weight is 216 g/mol. The van der Waals surface area contributed by atoms with Crippen molar-refractivity contribution in [3.63, 3.8) is 0 Å². The molecule has 1 fully saturated rings. The highest BCUT2D eigenvalue weighted by molar-refractivity contribution is 5.85. The molecule has 0 heterocycles. The molecule has 0 spiro atoms. The lowest BCUT2D eigenvalue weighted by atomic mass is 9.86. The minimum atomic E-state index is 0.699. The molecule has 1 aliphatic rings. The molecule has 2 rings (SSSR count). The highest BCUT2D eigenvalue weighted by atomic mass is 15.3. The van der Waals surface area contributed by atoms with Crippen LogP contribution in [0.25, 0.3) is 0 Å². The number of benzene rings is 1. The van der Waals surface area contributed by atoms with E-state index in [-0.39, 0.29) is 0 Å². The molecule has 1 saturated carbocycles. The first-order valence-corrected chi connectivity index (χ1v) is 6.21. The van der Waals surface area contributed by atoms with Gasteiger partial charge in [-0.1, -0.05) is 37.5 Å². The van der Waals surface area contributed by atoms with Gasteiger partial charge in [-0.15, -0.1) is 0 Å². The Labute approximate surface area is 97.8 Å². The molecule has 0 unspecified atom stereocenters. The van der Waals surface area contributed by atoms with Gasteiger partial charge in [-0.3, -0.25) is 5.43 Å². The van der Waals surface area contributed by atoms with Crippen molar-refractivity contribution in [2.45, 2.75) is 39.0 Å². The Kier molecular flexibility index (Phi) is 3.97. The highest BCUT2D eigenvalue weighted by Gasteiger charge is 2.15. The monoisotopic (exact) mass is 216 g/mol. The van der Waals surface area contributed by atoms with E-state index in [1.807, 2.05) is 30.3 Å². The zero-order valence-corrected chi connectivity index (χ0v) is 9.95. The number of hydrogen-bond donors (Lipinski definition) is 1. The topological polar surface area (TPSA) is 24.4 Å². The number of para-hydroxylation sites is 1. The summed E-state index contributed by atoms with van der Waals surface area (Å²) in [6.07, 6.45) is 6.75. The normalized spacial score (nSPS) is 18.4. The Bertz CT molecular complexity index is 337. The molecule has 2 nitrogen and oxygen atoms in total. The van der Waals surface area contributed by atoms with Crippen LogP contribution in [-0.2, 0) is 0 Å². The van der Waals surface area contributed by atoms with E-state index in [4.69, 9.17) is 0 Å². The molecule has 16 heavy (non-hydrogen) atoms. The molecule has 0 saturated heterocycles. The first-order chi connectivity index (χ1) is 7.86.